The minimum atomic E-state index is -3.69. The summed E-state index contributed by atoms with van der Waals surface area (Å²) in [6, 6.07) is 19.8. The molecule has 2 N–H and O–H groups in total. The maximum absolute atomic E-state index is 12.7. The highest BCUT2D eigenvalue weighted by molar-refractivity contribution is 7.92. The predicted octanol–water partition coefficient (Wildman–Crippen LogP) is 4.10. The largest absolute Gasteiger partial charge is 0.353 e. The first kappa shape index (κ1) is 19.5. The van der Waals surface area contributed by atoms with Gasteiger partial charge in [-0.15, -0.1) is 0 Å². The van der Waals surface area contributed by atoms with E-state index in [4.69, 9.17) is 0 Å². The minimum Gasteiger partial charge on any atom is -0.353 e. The normalized spacial score (nSPS) is 15.1. The van der Waals surface area contributed by atoms with E-state index in [2.05, 4.69) is 10.0 Å². The van der Waals surface area contributed by atoms with E-state index in [0.717, 1.165) is 16.3 Å². The number of carbonyl (C=O) groups excluding carboxylic acids is 1. The first-order valence-electron chi connectivity index (χ1n) is 9.81. The Labute approximate surface area is 171 Å². The quantitative estimate of drug-likeness (QED) is 0.618. The Morgan fingerprint density at radius 2 is 1.69 bits per heavy atom. The van der Waals surface area contributed by atoms with Crippen LogP contribution in [-0.2, 0) is 21.2 Å². The minimum absolute atomic E-state index is 0.00565. The average Bonchev–Trinajstić information content (AvgIpc) is 3.54. The van der Waals surface area contributed by atoms with Crippen molar-refractivity contribution < 1.29 is 13.2 Å². The van der Waals surface area contributed by atoms with Gasteiger partial charge in [-0.25, -0.2) is 8.42 Å². The first-order chi connectivity index (χ1) is 13.9. The van der Waals surface area contributed by atoms with Crippen LogP contribution in [0.3, 0.4) is 0 Å². The van der Waals surface area contributed by atoms with Crippen molar-refractivity contribution in [1.29, 1.82) is 0 Å². The van der Waals surface area contributed by atoms with Gasteiger partial charge in [0.25, 0.3) is 10.0 Å². The Bertz CT molecular complexity index is 1140. The van der Waals surface area contributed by atoms with Gasteiger partial charge in [-0.3, -0.25) is 9.52 Å². The highest BCUT2D eigenvalue weighted by Crippen LogP contribution is 2.32. The zero-order valence-electron chi connectivity index (χ0n) is 16.3. The molecule has 6 heteroatoms. The van der Waals surface area contributed by atoms with E-state index in [1.807, 2.05) is 31.2 Å². The average molecular weight is 409 g/mol. The summed E-state index contributed by atoms with van der Waals surface area (Å²) < 4.78 is 28.1. The molecule has 1 atom stereocenters. The van der Waals surface area contributed by atoms with Crippen LogP contribution >= 0.6 is 0 Å². The summed E-state index contributed by atoms with van der Waals surface area (Å²) in [4.78, 5) is 12.4. The van der Waals surface area contributed by atoms with E-state index in [-0.39, 0.29) is 23.3 Å². The lowest BCUT2D eigenvalue weighted by molar-refractivity contribution is -0.121. The summed E-state index contributed by atoms with van der Waals surface area (Å²) in [7, 11) is -3.69. The lowest BCUT2D eigenvalue weighted by Crippen LogP contribution is -2.35. The van der Waals surface area contributed by atoms with Crippen LogP contribution in [0.5, 0.6) is 0 Å². The van der Waals surface area contributed by atoms with Crippen LogP contribution in [0.25, 0.3) is 10.8 Å². The van der Waals surface area contributed by atoms with Gasteiger partial charge in [-0.2, -0.15) is 0 Å². The Hall–Kier alpha value is -2.86. The lowest BCUT2D eigenvalue weighted by Gasteiger charge is -2.13. The van der Waals surface area contributed by atoms with Crippen LogP contribution in [0, 0.1) is 5.92 Å². The van der Waals surface area contributed by atoms with Crippen LogP contribution < -0.4 is 10.0 Å². The molecule has 1 fully saturated rings. The molecule has 1 aliphatic carbocycles. The number of nitrogens with one attached hydrogen (secondary N) is 2. The number of sulfonamides is 1. The molecule has 0 heterocycles. The molecule has 3 aromatic carbocycles. The molecule has 5 nitrogen and oxygen atoms in total. The molecule has 1 saturated carbocycles. The second-order valence-corrected chi connectivity index (χ2v) is 9.36. The van der Waals surface area contributed by atoms with E-state index in [9.17, 15) is 13.2 Å². The standard InChI is InChI=1S/C23H24N2O3S/c1-16(18-8-9-18)24-23(26)14-17-6-11-21(12-7-17)25-29(27,28)22-13-10-19-4-2-3-5-20(19)15-22/h2-7,10-13,15-16,18,25H,8-9,14H2,1H3,(H,24,26)/t16-/m0/s1. The van der Waals surface area contributed by atoms with Gasteiger partial charge >= 0.3 is 0 Å². The van der Waals surface area contributed by atoms with Gasteiger partial charge in [0.15, 0.2) is 0 Å². The molecule has 1 amide bonds. The number of carbonyl (C=O) groups is 1. The Balaban J connectivity index is 1.42. The number of anilines is 1. The van der Waals surface area contributed by atoms with E-state index in [1.165, 1.54) is 12.8 Å². The topological polar surface area (TPSA) is 75.3 Å². The zero-order valence-corrected chi connectivity index (χ0v) is 17.1. The van der Waals surface area contributed by atoms with Crippen molar-refractivity contribution in [3.05, 3.63) is 72.3 Å². The van der Waals surface area contributed by atoms with Gasteiger partial charge in [0.05, 0.1) is 11.3 Å². The summed E-state index contributed by atoms with van der Waals surface area (Å²) in [5, 5.41) is 4.89. The van der Waals surface area contributed by atoms with E-state index in [1.54, 1.807) is 42.5 Å². The van der Waals surface area contributed by atoms with Gasteiger partial charge in [0.2, 0.25) is 5.91 Å². The summed E-state index contributed by atoms with van der Waals surface area (Å²) >= 11 is 0. The number of benzene rings is 3. The predicted molar refractivity (Wildman–Crippen MR) is 115 cm³/mol. The van der Waals surface area contributed by atoms with Crippen molar-refractivity contribution in [3.63, 3.8) is 0 Å². The molecule has 0 aliphatic heterocycles. The Morgan fingerprint density at radius 1 is 1.00 bits per heavy atom. The molecule has 3 aromatic rings. The Morgan fingerprint density at radius 3 is 2.38 bits per heavy atom. The van der Waals surface area contributed by atoms with Gasteiger partial charge in [-0.05, 0) is 66.3 Å². The molecule has 0 bridgehead atoms. The van der Waals surface area contributed by atoms with E-state index < -0.39 is 10.0 Å². The molecule has 1 aliphatic rings. The lowest BCUT2D eigenvalue weighted by atomic mass is 10.1. The third-order valence-corrected chi connectivity index (χ3v) is 6.70. The van der Waals surface area contributed by atoms with Crippen LogP contribution in [0.1, 0.15) is 25.3 Å². The number of hydrogen-bond acceptors (Lipinski definition) is 3. The molecule has 0 unspecified atom stereocenters. The van der Waals surface area contributed by atoms with Gasteiger partial charge in [0.1, 0.15) is 0 Å². The van der Waals surface area contributed by atoms with Gasteiger partial charge in [0, 0.05) is 11.7 Å². The number of hydrogen-bond donors (Lipinski definition) is 2. The molecule has 29 heavy (non-hydrogen) atoms. The zero-order chi connectivity index (χ0) is 20.4. The van der Waals surface area contributed by atoms with Crippen molar-refractivity contribution in [3.8, 4) is 0 Å². The highest BCUT2D eigenvalue weighted by atomic mass is 32.2. The van der Waals surface area contributed by atoms with Crippen molar-refractivity contribution in [2.45, 2.75) is 37.1 Å². The summed E-state index contributed by atoms with van der Waals surface area (Å²) in [5.74, 6) is 0.611. The monoisotopic (exact) mass is 408 g/mol. The van der Waals surface area contributed by atoms with Crippen molar-refractivity contribution in [2.75, 3.05) is 4.72 Å². The fourth-order valence-corrected chi connectivity index (χ4v) is 4.54. The second-order valence-electron chi connectivity index (χ2n) is 7.68. The molecule has 0 aromatic heterocycles. The van der Waals surface area contributed by atoms with E-state index >= 15 is 0 Å². The van der Waals surface area contributed by atoms with Crippen LogP contribution in [-0.4, -0.2) is 20.4 Å². The fourth-order valence-electron chi connectivity index (χ4n) is 3.44. The van der Waals surface area contributed by atoms with Crippen LogP contribution in [0.2, 0.25) is 0 Å². The number of rotatable bonds is 7. The summed E-state index contributed by atoms with van der Waals surface area (Å²) in [6.07, 6.45) is 2.66. The second kappa shape index (κ2) is 7.87. The van der Waals surface area contributed by atoms with Gasteiger partial charge < -0.3 is 5.32 Å². The number of fused-ring (bicyclic) bond motifs is 1. The highest BCUT2D eigenvalue weighted by Gasteiger charge is 2.28. The molecule has 0 spiro atoms. The van der Waals surface area contributed by atoms with Crippen molar-refractivity contribution in [1.82, 2.24) is 5.32 Å². The fraction of sp³-hybridized carbons (Fsp3) is 0.261. The Kier molecular flexibility index (Phi) is 5.28. The molecular formula is C23H24N2O3S. The summed E-state index contributed by atoms with van der Waals surface area (Å²) in [5.41, 5.74) is 1.31. The third kappa shape index (κ3) is 4.77. The van der Waals surface area contributed by atoms with Crippen molar-refractivity contribution >= 4 is 32.4 Å². The van der Waals surface area contributed by atoms with E-state index in [0.29, 0.717) is 11.6 Å². The molecular weight excluding hydrogens is 384 g/mol. The van der Waals surface area contributed by atoms with Crippen LogP contribution in [0.4, 0.5) is 5.69 Å². The van der Waals surface area contributed by atoms with Gasteiger partial charge in [-0.1, -0.05) is 42.5 Å². The van der Waals surface area contributed by atoms with Crippen molar-refractivity contribution in [2.24, 2.45) is 5.92 Å². The number of amides is 1. The SMILES string of the molecule is C[C@H](NC(=O)Cc1ccc(NS(=O)(=O)c2ccc3ccccc3c2)cc1)C1CC1. The first-order valence-corrected chi connectivity index (χ1v) is 11.3. The molecule has 0 saturated heterocycles. The summed E-state index contributed by atoms with van der Waals surface area (Å²) in [6.45, 7) is 2.04. The third-order valence-electron chi connectivity index (χ3n) is 5.32. The molecule has 4 rings (SSSR count). The molecule has 150 valence electrons. The molecule has 0 radical (unpaired) electrons. The maximum Gasteiger partial charge on any atom is 0.261 e. The maximum atomic E-state index is 12.7. The van der Waals surface area contributed by atoms with Crippen LogP contribution in [0.15, 0.2) is 71.6 Å². The smallest absolute Gasteiger partial charge is 0.261 e.